The Hall–Kier alpha value is -2.69. The first kappa shape index (κ1) is 17.7. The maximum absolute atomic E-state index is 13.2. The molecule has 0 saturated heterocycles. The molecule has 0 fully saturated rings. The van der Waals surface area contributed by atoms with Crippen molar-refractivity contribution in [3.63, 3.8) is 0 Å². The number of carbonyl (C=O) groups excluding carboxylic acids is 1. The van der Waals surface area contributed by atoms with Gasteiger partial charge in [0.2, 0.25) is 0 Å². The molecule has 0 aromatic heterocycles. The molecule has 0 aliphatic heterocycles. The summed E-state index contributed by atoms with van der Waals surface area (Å²) in [5.74, 6) is -0.802. The van der Waals surface area contributed by atoms with Gasteiger partial charge in [-0.15, -0.1) is 6.58 Å². The Kier molecular flexibility index (Phi) is 6.49. The lowest BCUT2D eigenvalue weighted by Crippen LogP contribution is -2.33. The zero-order valence-corrected chi connectivity index (χ0v) is 13.3. The van der Waals surface area contributed by atoms with Crippen LogP contribution >= 0.6 is 0 Å². The SMILES string of the molecule is C=CCN(CCc1cc(F)cc(F)c1)C(=O)OC1=CCC=CC=C1. The quantitative estimate of drug-likeness (QED) is 0.717. The van der Waals surface area contributed by atoms with Crippen LogP contribution in [0.4, 0.5) is 13.6 Å². The van der Waals surface area contributed by atoms with Gasteiger partial charge in [0, 0.05) is 19.2 Å². The van der Waals surface area contributed by atoms with Gasteiger partial charge in [0.05, 0.1) is 0 Å². The minimum Gasteiger partial charge on any atom is -0.411 e. The molecule has 0 radical (unpaired) electrons. The van der Waals surface area contributed by atoms with E-state index in [0.29, 0.717) is 24.2 Å². The number of benzene rings is 1. The Morgan fingerprint density at radius 3 is 2.71 bits per heavy atom. The third kappa shape index (κ3) is 5.50. The second-order valence-corrected chi connectivity index (χ2v) is 5.26. The van der Waals surface area contributed by atoms with Crippen molar-refractivity contribution in [3.8, 4) is 0 Å². The number of halogens is 2. The highest BCUT2D eigenvalue weighted by Crippen LogP contribution is 2.12. The van der Waals surface area contributed by atoms with Crippen LogP contribution in [-0.2, 0) is 11.2 Å². The molecule has 1 amide bonds. The number of amides is 1. The van der Waals surface area contributed by atoms with Crippen LogP contribution in [-0.4, -0.2) is 24.1 Å². The van der Waals surface area contributed by atoms with Crippen LogP contribution in [0.15, 0.2) is 67.0 Å². The maximum Gasteiger partial charge on any atom is 0.415 e. The van der Waals surface area contributed by atoms with E-state index in [1.807, 2.05) is 12.2 Å². The molecule has 24 heavy (non-hydrogen) atoms. The largest absolute Gasteiger partial charge is 0.415 e. The van der Waals surface area contributed by atoms with Crippen molar-refractivity contribution in [1.29, 1.82) is 0 Å². The van der Waals surface area contributed by atoms with Crippen LogP contribution in [0.25, 0.3) is 0 Å². The first-order chi connectivity index (χ1) is 11.6. The zero-order chi connectivity index (χ0) is 17.4. The van der Waals surface area contributed by atoms with E-state index in [-0.39, 0.29) is 13.1 Å². The highest BCUT2D eigenvalue weighted by Gasteiger charge is 2.15. The fourth-order valence-electron chi connectivity index (χ4n) is 2.23. The molecule has 0 unspecified atom stereocenters. The van der Waals surface area contributed by atoms with Gasteiger partial charge in [-0.05, 0) is 42.7 Å². The van der Waals surface area contributed by atoms with E-state index in [2.05, 4.69) is 6.58 Å². The number of rotatable bonds is 6. The lowest BCUT2D eigenvalue weighted by molar-refractivity contribution is 0.136. The standard InChI is InChI=1S/C19H19F2NO2/c1-2-10-22(11-9-15-12-16(20)14-17(21)13-15)19(23)24-18-7-5-3-4-6-8-18/h2-5,7-8,12-14H,1,6,9-11H2. The number of ether oxygens (including phenoxy) is 1. The Morgan fingerprint density at radius 1 is 1.25 bits per heavy atom. The number of carbonyl (C=O) groups is 1. The van der Waals surface area contributed by atoms with E-state index in [1.165, 1.54) is 17.0 Å². The summed E-state index contributed by atoms with van der Waals surface area (Å²) in [6, 6.07) is 3.32. The Labute approximate surface area is 140 Å². The van der Waals surface area contributed by atoms with Gasteiger partial charge < -0.3 is 9.64 Å². The number of allylic oxidation sites excluding steroid dienone is 5. The minimum absolute atomic E-state index is 0.267. The third-order valence-electron chi connectivity index (χ3n) is 3.37. The summed E-state index contributed by atoms with van der Waals surface area (Å²) >= 11 is 0. The Balaban J connectivity index is 1.98. The van der Waals surface area contributed by atoms with Crippen LogP contribution in [0.5, 0.6) is 0 Å². The van der Waals surface area contributed by atoms with Crippen molar-refractivity contribution in [1.82, 2.24) is 4.90 Å². The summed E-state index contributed by atoms with van der Waals surface area (Å²) in [5, 5.41) is 0. The van der Waals surface area contributed by atoms with Crippen LogP contribution in [0, 0.1) is 11.6 Å². The molecule has 126 valence electrons. The molecule has 2 rings (SSSR count). The smallest absolute Gasteiger partial charge is 0.411 e. The number of hydrogen-bond acceptors (Lipinski definition) is 2. The van der Waals surface area contributed by atoms with E-state index in [1.54, 1.807) is 24.3 Å². The molecule has 1 aliphatic carbocycles. The van der Waals surface area contributed by atoms with Crippen LogP contribution in [0.1, 0.15) is 12.0 Å². The molecular formula is C19H19F2NO2. The lowest BCUT2D eigenvalue weighted by Gasteiger charge is -2.20. The van der Waals surface area contributed by atoms with Crippen LogP contribution in [0.2, 0.25) is 0 Å². The molecule has 1 aromatic rings. The molecule has 0 saturated carbocycles. The highest BCUT2D eigenvalue weighted by molar-refractivity contribution is 5.69. The van der Waals surface area contributed by atoms with Gasteiger partial charge in [0.1, 0.15) is 17.4 Å². The summed E-state index contributed by atoms with van der Waals surface area (Å²) in [7, 11) is 0. The molecule has 3 nitrogen and oxygen atoms in total. The maximum atomic E-state index is 13.2. The highest BCUT2D eigenvalue weighted by atomic mass is 19.1. The number of hydrogen-bond donors (Lipinski definition) is 0. The van der Waals surface area contributed by atoms with Crippen molar-refractivity contribution in [2.75, 3.05) is 13.1 Å². The molecule has 5 heteroatoms. The molecule has 0 N–H and O–H groups in total. The minimum atomic E-state index is -0.635. The summed E-state index contributed by atoms with van der Waals surface area (Å²) in [5.41, 5.74) is 0.479. The van der Waals surface area contributed by atoms with Gasteiger partial charge in [0.25, 0.3) is 0 Å². The summed E-state index contributed by atoms with van der Waals surface area (Å²) < 4.78 is 31.8. The van der Waals surface area contributed by atoms with Gasteiger partial charge in [0.15, 0.2) is 0 Å². The van der Waals surface area contributed by atoms with E-state index in [4.69, 9.17) is 4.74 Å². The monoisotopic (exact) mass is 331 g/mol. The average Bonchev–Trinajstić information content (AvgIpc) is 2.79. The Bertz CT molecular complexity index is 672. The van der Waals surface area contributed by atoms with Crippen molar-refractivity contribution < 1.29 is 18.3 Å². The van der Waals surface area contributed by atoms with Crippen LogP contribution in [0.3, 0.4) is 0 Å². The van der Waals surface area contributed by atoms with E-state index >= 15 is 0 Å². The topological polar surface area (TPSA) is 29.5 Å². The van der Waals surface area contributed by atoms with Crippen LogP contribution < -0.4 is 0 Å². The average molecular weight is 331 g/mol. The van der Waals surface area contributed by atoms with E-state index in [0.717, 1.165) is 6.07 Å². The summed E-state index contributed by atoms with van der Waals surface area (Å²) in [6.07, 6.45) is 11.2. The predicted molar refractivity (Wildman–Crippen MR) is 89.3 cm³/mol. The number of nitrogens with zero attached hydrogens (tertiary/aromatic N) is 1. The van der Waals surface area contributed by atoms with Gasteiger partial charge in [-0.3, -0.25) is 0 Å². The molecule has 0 spiro atoms. The third-order valence-corrected chi connectivity index (χ3v) is 3.37. The summed E-state index contributed by atoms with van der Waals surface area (Å²) in [6.45, 7) is 4.17. The Morgan fingerprint density at radius 2 is 2.00 bits per heavy atom. The molecule has 0 heterocycles. The molecule has 1 aromatic carbocycles. The van der Waals surface area contributed by atoms with Crippen molar-refractivity contribution >= 4 is 6.09 Å². The molecule has 0 atom stereocenters. The summed E-state index contributed by atoms with van der Waals surface area (Å²) in [4.78, 5) is 13.7. The van der Waals surface area contributed by atoms with Gasteiger partial charge in [-0.25, -0.2) is 13.6 Å². The zero-order valence-electron chi connectivity index (χ0n) is 13.3. The van der Waals surface area contributed by atoms with Gasteiger partial charge in [-0.2, -0.15) is 0 Å². The van der Waals surface area contributed by atoms with E-state index < -0.39 is 17.7 Å². The fourth-order valence-corrected chi connectivity index (χ4v) is 2.23. The normalized spacial score (nSPS) is 13.2. The first-order valence-electron chi connectivity index (χ1n) is 7.64. The molecular weight excluding hydrogens is 312 g/mol. The van der Waals surface area contributed by atoms with Gasteiger partial charge in [-0.1, -0.05) is 24.3 Å². The second-order valence-electron chi connectivity index (χ2n) is 5.26. The second kappa shape index (κ2) is 8.82. The first-order valence-corrected chi connectivity index (χ1v) is 7.64. The van der Waals surface area contributed by atoms with Crippen molar-refractivity contribution in [2.45, 2.75) is 12.8 Å². The predicted octanol–water partition coefficient (Wildman–Crippen LogP) is 4.53. The van der Waals surface area contributed by atoms with Crippen molar-refractivity contribution in [3.05, 3.63) is 84.2 Å². The van der Waals surface area contributed by atoms with E-state index in [9.17, 15) is 13.6 Å². The molecule has 0 bridgehead atoms. The fraction of sp³-hybridized carbons (Fsp3) is 0.211. The van der Waals surface area contributed by atoms with Crippen molar-refractivity contribution in [2.24, 2.45) is 0 Å². The van der Waals surface area contributed by atoms with Gasteiger partial charge >= 0.3 is 6.09 Å². The lowest BCUT2D eigenvalue weighted by atomic mass is 10.1. The molecule has 1 aliphatic rings.